The Balaban J connectivity index is 1.59. The van der Waals surface area contributed by atoms with Crippen molar-refractivity contribution in [1.82, 2.24) is 15.0 Å². The first-order chi connectivity index (χ1) is 12.0. The van der Waals surface area contributed by atoms with E-state index < -0.39 is 0 Å². The van der Waals surface area contributed by atoms with Crippen molar-refractivity contribution in [2.24, 2.45) is 11.7 Å². The zero-order valence-electron chi connectivity index (χ0n) is 14.2. The van der Waals surface area contributed by atoms with Crippen molar-refractivity contribution in [1.29, 1.82) is 0 Å². The fourth-order valence-corrected chi connectivity index (χ4v) is 3.11. The normalized spacial score (nSPS) is 20.4. The van der Waals surface area contributed by atoms with Crippen LogP contribution in [0.1, 0.15) is 32.1 Å². The van der Waals surface area contributed by atoms with Gasteiger partial charge in [-0.3, -0.25) is 9.59 Å². The minimum atomic E-state index is -0.339. The van der Waals surface area contributed by atoms with E-state index in [-0.39, 0.29) is 30.2 Å². The number of benzene rings is 1. The molecule has 1 aromatic heterocycles. The van der Waals surface area contributed by atoms with Gasteiger partial charge in [0.15, 0.2) is 0 Å². The lowest BCUT2D eigenvalue weighted by Gasteiger charge is -2.37. The molecule has 1 saturated heterocycles. The average Bonchev–Trinajstić information content (AvgIpc) is 3.09. The maximum absolute atomic E-state index is 12.5. The molecule has 132 valence electrons. The van der Waals surface area contributed by atoms with E-state index in [1.54, 1.807) is 4.90 Å². The molecular formula is C18H22N4O3. The maximum atomic E-state index is 12.5. The Hall–Kier alpha value is -2.70. The topological polar surface area (TPSA) is 102 Å². The second kappa shape index (κ2) is 7.46. The van der Waals surface area contributed by atoms with Gasteiger partial charge in [0.2, 0.25) is 23.5 Å². The van der Waals surface area contributed by atoms with Crippen LogP contribution in [0.15, 0.2) is 34.9 Å². The van der Waals surface area contributed by atoms with Crippen LogP contribution in [0, 0.1) is 5.92 Å². The number of aryl methyl sites for hydroxylation is 1. The molecule has 25 heavy (non-hydrogen) atoms. The van der Waals surface area contributed by atoms with Gasteiger partial charge in [0.05, 0.1) is 5.92 Å². The van der Waals surface area contributed by atoms with Crippen LogP contribution >= 0.6 is 0 Å². The number of nitrogens with zero attached hydrogens (tertiary/aromatic N) is 3. The summed E-state index contributed by atoms with van der Waals surface area (Å²) in [7, 11) is 0. The predicted molar refractivity (Wildman–Crippen MR) is 91.1 cm³/mol. The Morgan fingerprint density at radius 3 is 2.76 bits per heavy atom. The highest BCUT2D eigenvalue weighted by Gasteiger charge is 2.31. The summed E-state index contributed by atoms with van der Waals surface area (Å²) in [5.74, 6) is 0.340. The SMILES string of the molecule is C[C@@H]1CC[C@@H](C(N)=O)CN1C(=O)CCc1nc(-c2ccccc2)no1. The molecule has 2 N–H and O–H groups in total. The number of likely N-dealkylation sites (tertiary alicyclic amines) is 1. The number of carbonyl (C=O) groups is 2. The van der Waals surface area contributed by atoms with Gasteiger partial charge >= 0.3 is 0 Å². The first-order valence-electron chi connectivity index (χ1n) is 8.51. The van der Waals surface area contributed by atoms with Crippen molar-refractivity contribution in [3.05, 3.63) is 36.2 Å². The van der Waals surface area contributed by atoms with Crippen LogP contribution in [0.5, 0.6) is 0 Å². The highest BCUT2D eigenvalue weighted by molar-refractivity contribution is 5.80. The molecule has 1 aromatic carbocycles. The maximum Gasteiger partial charge on any atom is 0.227 e. The Kier molecular flexibility index (Phi) is 5.11. The molecule has 2 atom stereocenters. The Labute approximate surface area is 146 Å². The van der Waals surface area contributed by atoms with Crippen molar-refractivity contribution in [3.63, 3.8) is 0 Å². The molecule has 2 aromatic rings. The van der Waals surface area contributed by atoms with Crippen LogP contribution < -0.4 is 5.73 Å². The third kappa shape index (κ3) is 4.04. The number of primary amides is 1. The van der Waals surface area contributed by atoms with E-state index in [0.29, 0.717) is 24.7 Å². The van der Waals surface area contributed by atoms with Gasteiger partial charge in [-0.1, -0.05) is 35.5 Å². The molecule has 2 heterocycles. The predicted octanol–water partition coefficient (Wildman–Crippen LogP) is 1.78. The van der Waals surface area contributed by atoms with Crippen molar-refractivity contribution in [2.75, 3.05) is 6.54 Å². The number of hydrogen-bond acceptors (Lipinski definition) is 5. The smallest absolute Gasteiger partial charge is 0.227 e. The summed E-state index contributed by atoms with van der Waals surface area (Å²) < 4.78 is 5.24. The molecule has 1 aliphatic rings. The Morgan fingerprint density at radius 1 is 1.28 bits per heavy atom. The molecular weight excluding hydrogens is 320 g/mol. The first kappa shape index (κ1) is 17.1. The molecule has 1 aliphatic heterocycles. The van der Waals surface area contributed by atoms with Gasteiger partial charge in [-0.2, -0.15) is 4.98 Å². The van der Waals surface area contributed by atoms with Gasteiger partial charge in [-0.15, -0.1) is 0 Å². The van der Waals surface area contributed by atoms with E-state index in [9.17, 15) is 9.59 Å². The zero-order chi connectivity index (χ0) is 17.8. The van der Waals surface area contributed by atoms with Gasteiger partial charge in [-0.05, 0) is 19.8 Å². The van der Waals surface area contributed by atoms with Crippen LogP contribution in [0.2, 0.25) is 0 Å². The van der Waals surface area contributed by atoms with Gasteiger partial charge in [0.1, 0.15) is 0 Å². The minimum Gasteiger partial charge on any atom is -0.369 e. The number of hydrogen-bond donors (Lipinski definition) is 1. The van der Waals surface area contributed by atoms with Crippen LogP contribution in [0.25, 0.3) is 11.4 Å². The molecule has 0 saturated carbocycles. The largest absolute Gasteiger partial charge is 0.369 e. The number of amides is 2. The Morgan fingerprint density at radius 2 is 2.04 bits per heavy atom. The number of rotatable bonds is 5. The zero-order valence-corrected chi connectivity index (χ0v) is 14.2. The third-order valence-corrected chi connectivity index (χ3v) is 4.66. The molecule has 0 radical (unpaired) electrons. The highest BCUT2D eigenvalue weighted by atomic mass is 16.5. The summed E-state index contributed by atoms with van der Waals surface area (Å²) in [5, 5.41) is 3.95. The number of piperidine rings is 1. The molecule has 3 rings (SSSR count). The van der Waals surface area contributed by atoms with E-state index in [1.807, 2.05) is 37.3 Å². The Bertz CT molecular complexity index is 744. The van der Waals surface area contributed by atoms with Crippen molar-refractivity contribution in [2.45, 2.75) is 38.6 Å². The van der Waals surface area contributed by atoms with Crippen molar-refractivity contribution < 1.29 is 14.1 Å². The summed E-state index contributed by atoms with van der Waals surface area (Å²) in [6.45, 7) is 2.39. The first-order valence-corrected chi connectivity index (χ1v) is 8.51. The van der Waals surface area contributed by atoms with Crippen LogP contribution in [-0.2, 0) is 16.0 Å². The fraction of sp³-hybridized carbons (Fsp3) is 0.444. The van der Waals surface area contributed by atoms with Gasteiger partial charge in [0, 0.05) is 31.0 Å². The fourth-order valence-electron chi connectivity index (χ4n) is 3.11. The van der Waals surface area contributed by atoms with Crippen LogP contribution in [0.3, 0.4) is 0 Å². The molecule has 7 heteroatoms. The summed E-state index contributed by atoms with van der Waals surface area (Å²) in [6.07, 6.45) is 2.18. The molecule has 2 amide bonds. The third-order valence-electron chi connectivity index (χ3n) is 4.66. The lowest BCUT2D eigenvalue weighted by Crippen LogP contribution is -2.48. The van der Waals surface area contributed by atoms with E-state index in [1.165, 1.54) is 0 Å². The lowest BCUT2D eigenvalue weighted by molar-refractivity contribution is -0.137. The number of aromatic nitrogens is 2. The van der Waals surface area contributed by atoms with Crippen molar-refractivity contribution in [3.8, 4) is 11.4 Å². The number of carbonyl (C=O) groups excluding carboxylic acids is 2. The quantitative estimate of drug-likeness (QED) is 0.892. The van der Waals surface area contributed by atoms with Crippen molar-refractivity contribution >= 4 is 11.8 Å². The summed E-state index contributed by atoms with van der Waals surface area (Å²) in [6, 6.07) is 9.65. The van der Waals surface area contributed by atoms with Crippen LogP contribution in [0.4, 0.5) is 0 Å². The minimum absolute atomic E-state index is 0.0158. The molecule has 0 unspecified atom stereocenters. The second-order valence-corrected chi connectivity index (χ2v) is 6.45. The summed E-state index contributed by atoms with van der Waals surface area (Å²) in [5.41, 5.74) is 6.26. The van der Waals surface area contributed by atoms with E-state index in [4.69, 9.17) is 10.3 Å². The molecule has 7 nitrogen and oxygen atoms in total. The monoisotopic (exact) mass is 342 g/mol. The average molecular weight is 342 g/mol. The van der Waals surface area contributed by atoms with E-state index in [0.717, 1.165) is 18.4 Å². The van der Waals surface area contributed by atoms with Gasteiger partial charge < -0.3 is 15.2 Å². The van der Waals surface area contributed by atoms with Gasteiger partial charge in [-0.25, -0.2) is 0 Å². The lowest BCUT2D eigenvalue weighted by atomic mass is 9.92. The second-order valence-electron chi connectivity index (χ2n) is 6.45. The van der Waals surface area contributed by atoms with E-state index in [2.05, 4.69) is 10.1 Å². The summed E-state index contributed by atoms with van der Waals surface area (Å²) >= 11 is 0. The molecule has 0 bridgehead atoms. The summed E-state index contributed by atoms with van der Waals surface area (Å²) in [4.78, 5) is 30.0. The number of nitrogens with two attached hydrogens (primary N) is 1. The molecule has 1 fully saturated rings. The van der Waals surface area contributed by atoms with Crippen LogP contribution in [-0.4, -0.2) is 39.4 Å². The highest BCUT2D eigenvalue weighted by Crippen LogP contribution is 2.23. The van der Waals surface area contributed by atoms with Gasteiger partial charge in [0.25, 0.3) is 0 Å². The standard InChI is InChI=1S/C18H22N4O3/c1-12-7-8-14(17(19)24)11-22(12)16(23)10-9-15-20-18(21-25-15)13-5-3-2-4-6-13/h2-6,12,14H,7-11H2,1H3,(H2,19,24)/t12-,14-/m1/s1. The van der Waals surface area contributed by atoms with E-state index >= 15 is 0 Å². The molecule has 0 spiro atoms. The molecule has 0 aliphatic carbocycles.